The maximum atomic E-state index is 10.3. The second-order valence-electron chi connectivity index (χ2n) is 2.43. The summed E-state index contributed by atoms with van der Waals surface area (Å²) in [5, 5.41) is 0. The number of halogens is 1. The highest BCUT2D eigenvalue weighted by Crippen LogP contribution is 2.23. The first kappa shape index (κ1) is 10.4. The molecule has 0 amide bonds. The van der Waals surface area contributed by atoms with Crippen LogP contribution in [-0.2, 0) is 16.9 Å². The van der Waals surface area contributed by atoms with E-state index in [1.807, 2.05) is 13.0 Å². The summed E-state index contributed by atoms with van der Waals surface area (Å²) in [4.78, 5) is 0. The Balaban J connectivity index is 3.29. The van der Waals surface area contributed by atoms with Crippen molar-refractivity contribution in [3.63, 3.8) is 0 Å². The fraction of sp³-hybridized carbons (Fsp3) is 0.250. The maximum absolute atomic E-state index is 10.3. The molecule has 1 aromatic rings. The maximum Gasteiger partial charge on any atom is 0.316 e. The van der Waals surface area contributed by atoms with Crippen molar-refractivity contribution in [1.29, 1.82) is 0 Å². The lowest BCUT2D eigenvalue weighted by molar-refractivity contribution is 0.622. The number of hydrogen-bond acceptors (Lipinski definition) is 3. The first-order valence-electron chi connectivity index (χ1n) is 3.73. The zero-order valence-corrected chi connectivity index (χ0v) is 9.39. The van der Waals surface area contributed by atoms with Gasteiger partial charge in [-0.2, -0.15) is 8.42 Å². The van der Waals surface area contributed by atoms with E-state index in [-0.39, 0.29) is 0 Å². The van der Waals surface area contributed by atoms with Gasteiger partial charge in [-0.15, -0.1) is 4.36 Å². The van der Waals surface area contributed by atoms with E-state index in [1.54, 1.807) is 12.1 Å². The van der Waals surface area contributed by atoms with Gasteiger partial charge in [0.15, 0.2) is 0 Å². The Labute approximate surface area is 86.6 Å². The highest BCUT2D eigenvalue weighted by Gasteiger charge is 1.99. The molecule has 0 aliphatic heterocycles. The quantitative estimate of drug-likeness (QED) is 0.822. The molecule has 13 heavy (non-hydrogen) atoms. The van der Waals surface area contributed by atoms with Crippen molar-refractivity contribution in [2.24, 2.45) is 4.36 Å². The van der Waals surface area contributed by atoms with Crippen molar-refractivity contribution in [2.45, 2.75) is 13.3 Å². The fourth-order valence-electron chi connectivity index (χ4n) is 1.01. The third-order valence-electron chi connectivity index (χ3n) is 1.60. The van der Waals surface area contributed by atoms with Crippen molar-refractivity contribution >= 4 is 32.1 Å². The minimum atomic E-state index is -2.38. The minimum Gasteiger partial charge on any atom is -0.163 e. The SMILES string of the molecule is CCc1cc(Br)ccc1N=S(=O)=O. The van der Waals surface area contributed by atoms with Gasteiger partial charge in [0.25, 0.3) is 0 Å². The molecule has 5 heteroatoms. The molecular weight excluding hydrogens is 254 g/mol. The molecule has 0 heterocycles. The number of aryl methyl sites for hydroxylation is 1. The van der Waals surface area contributed by atoms with Crippen LogP contribution in [0, 0.1) is 0 Å². The van der Waals surface area contributed by atoms with Gasteiger partial charge in [0.1, 0.15) is 0 Å². The van der Waals surface area contributed by atoms with Gasteiger partial charge in [0.2, 0.25) is 0 Å². The second kappa shape index (κ2) is 4.53. The molecule has 1 rings (SSSR count). The van der Waals surface area contributed by atoms with Crippen LogP contribution in [0.2, 0.25) is 0 Å². The van der Waals surface area contributed by atoms with Crippen molar-refractivity contribution < 1.29 is 8.42 Å². The summed E-state index contributed by atoms with van der Waals surface area (Å²) < 4.78 is 25.1. The van der Waals surface area contributed by atoms with Crippen LogP contribution in [0.3, 0.4) is 0 Å². The van der Waals surface area contributed by atoms with E-state index in [4.69, 9.17) is 0 Å². The van der Waals surface area contributed by atoms with Crippen molar-refractivity contribution in [3.05, 3.63) is 28.2 Å². The summed E-state index contributed by atoms with van der Waals surface area (Å²) in [5.74, 6) is 0. The lowest BCUT2D eigenvalue weighted by Crippen LogP contribution is -1.80. The molecule has 0 aliphatic rings. The van der Waals surface area contributed by atoms with E-state index in [2.05, 4.69) is 20.3 Å². The third-order valence-corrected chi connectivity index (χ3v) is 2.43. The van der Waals surface area contributed by atoms with Crippen molar-refractivity contribution in [3.8, 4) is 0 Å². The van der Waals surface area contributed by atoms with Crippen molar-refractivity contribution in [1.82, 2.24) is 0 Å². The van der Waals surface area contributed by atoms with Crippen LogP contribution in [0.5, 0.6) is 0 Å². The van der Waals surface area contributed by atoms with Crippen LogP contribution in [0.4, 0.5) is 5.69 Å². The standard InChI is InChI=1S/C8H8BrNO2S/c1-2-6-5-7(9)3-4-8(6)10-13(11)12/h3-5H,2H2,1H3. The molecule has 0 atom stereocenters. The molecule has 70 valence electrons. The number of hydrogen-bond donors (Lipinski definition) is 0. The fourth-order valence-corrected chi connectivity index (χ4v) is 1.75. The number of benzene rings is 1. The second-order valence-corrected chi connectivity index (χ2v) is 3.97. The highest BCUT2D eigenvalue weighted by molar-refractivity contribution is 9.10. The van der Waals surface area contributed by atoms with Crippen LogP contribution in [0.25, 0.3) is 0 Å². The predicted molar refractivity (Wildman–Crippen MR) is 54.5 cm³/mol. The van der Waals surface area contributed by atoms with E-state index in [0.29, 0.717) is 5.69 Å². The van der Waals surface area contributed by atoms with Gasteiger partial charge >= 0.3 is 10.5 Å². The van der Waals surface area contributed by atoms with Gasteiger partial charge in [-0.3, -0.25) is 0 Å². The third kappa shape index (κ3) is 2.93. The topological polar surface area (TPSA) is 46.5 Å². The Morgan fingerprint density at radius 3 is 2.69 bits per heavy atom. The average molecular weight is 262 g/mol. The van der Waals surface area contributed by atoms with Crippen LogP contribution >= 0.6 is 15.9 Å². The normalized spacial score (nSPS) is 9.69. The van der Waals surface area contributed by atoms with Gasteiger partial charge in [-0.05, 0) is 30.2 Å². The average Bonchev–Trinajstić information content (AvgIpc) is 2.07. The molecular formula is C8H8BrNO2S. The van der Waals surface area contributed by atoms with Gasteiger partial charge in [-0.1, -0.05) is 22.9 Å². The Kier molecular flexibility index (Phi) is 3.62. The molecule has 0 aromatic heterocycles. The van der Waals surface area contributed by atoms with Crippen molar-refractivity contribution in [2.75, 3.05) is 0 Å². The van der Waals surface area contributed by atoms with E-state index >= 15 is 0 Å². The van der Waals surface area contributed by atoms with Crippen LogP contribution < -0.4 is 0 Å². The Bertz CT molecular complexity index is 431. The lowest BCUT2D eigenvalue weighted by Gasteiger charge is -2.00. The number of nitrogens with zero attached hydrogens (tertiary/aromatic N) is 1. The molecule has 0 bridgehead atoms. The molecule has 0 N–H and O–H groups in total. The highest BCUT2D eigenvalue weighted by atomic mass is 79.9. The summed E-state index contributed by atoms with van der Waals surface area (Å²) >= 11 is 3.31. The molecule has 0 radical (unpaired) electrons. The first-order valence-corrected chi connectivity index (χ1v) is 5.55. The van der Waals surface area contributed by atoms with Crippen LogP contribution in [0.15, 0.2) is 27.0 Å². The van der Waals surface area contributed by atoms with Gasteiger partial charge < -0.3 is 0 Å². The summed E-state index contributed by atoms with van der Waals surface area (Å²) in [7, 11) is -2.38. The van der Waals surface area contributed by atoms with E-state index in [1.165, 1.54) is 0 Å². The zero-order valence-electron chi connectivity index (χ0n) is 6.99. The molecule has 0 aliphatic carbocycles. The van der Waals surface area contributed by atoms with E-state index < -0.39 is 10.5 Å². The van der Waals surface area contributed by atoms with Crippen LogP contribution in [0.1, 0.15) is 12.5 Å². The van der Waals surface area contributed by atoms with Crippen LogP contribution in [-0.4, -0.2) is 8.42 Å². The minimum absolute atomic E-state index is 0.513. The molecule has 1 aromatic carbocycles. The first-order chi connectivity index (χ1) is 6.13. The van der Waals surface area contributed by atoms with Gasteiger partial charge in [-0.25, -0.2) is 0 Å². The molecule has 0 unspecified atom stereocenters. The monoisotopic (exact) mass is 261 g/mol. The lowest BCUT2D eigenvalue weighted by atomic mass is 10.1. The summed E-state index contributed by atoms with van der Waals surface area (Å²) in [6.07, 6.45) is 0.759. The van der Waals surface area contributed by atoms with Gasteiger partial charge in [0, 0.05) is 4.47 Å². The smallest absolute Gasteiger partial charge is 0.163 e. The summed E-state index contributed by atoms with van der Waals surface area (Å²) in [6.45, 7) is 1.95. The molecule has 0 saturated heterocycles. The molecule has 0 saturated carbocycles. The largest absolute Gasteiger partial charge is 0.316 e. The zero-order chi connectivity index (χ0) is 9.84. The van der Waals surface area contributed by atoms with E-state index in [9.17, 15) is 8.42 Å². The van der Waals surface area contributed by atoms with Gasteiger partial charge in [0.05, 0.1) is 5.69 Å². The Morgan fingerprint density at radius 1 is 1.46 bits per heavy atom. The Morgan fingerprint density at radius 2 is 2.15 bits per heavy atom. The summed E-state index contributed by atoms with van der Waals surface area (Å²) in [6, 6.07) is 5.31. The molecule has 0 spiro atoms. The number of rotatable bonds is 2. The Hall–Kier alpha value is -0.680. The van der Waals surface area contributed by atoms with E-state index in [0.717, 1.165) is 16.5 Å². The summed E-state index contributed by atoms with van der Waals surface area (Å²) in [5.41, 5.74) is 1.43. The molecule has 0 fully saturated rings. The molecule has 3 nitrogen and oxygen atoms in total. The predicted octanol–water partition coefficient (Wildman–Crippen LogP) is 2.71.